The number of imidazole rings is 1. The number of hydrogen-bond acceptors (Lipinski definition) is 5. The summed E-state index contributed by atoms with van der Waals surface area (Å²) in [5, 5.41) is 0. The number of hydrogen-bond donors (Lipinski definition) is 1. The van der Waals surface area contributed by atoms with Gasteiger partial charge in [-0.3, -0.25) is 4.79 Å². The molecule has 106 valence electrons. The minimum atomic E-state index is -0.457. The number of nitrogens with zero attached hydrogens (tertiary/aromatic N) is 1. The van der Waals surface area contributed by atoms with Gasteiger partial charge in [0.25, 0.3) is 0 Å². The van der Waals surface area contributed by atoms with Crippen molar-refractivity contribution in [3.8, 4) is 0 Å². The molecule has 1 heterocycles. The molecule has 6 nitrogen and oxygen atoms in total. The largest absolute Gasteiger partial charge is 0.469 e. The van der Waals surface area contributed by atoms with Crippen molar-refractivity contribution in [3.05, 3.63) is 29.1 Å². The summed E-state index contributed by atoms with van der Waals surface area (Å²) < 4.78 is 9.43. The van der Waals surface area contributed by atoms with E-state index >= 15 is 0 Å². The first-order valence-electron chi connectivity index (χ1n) is 6.20. The van der Waals surface area contributed by atoms with E-state index in [-0.39, 0.29) is 12.4 Å². The third-order valence-electron chi connectivity index (χ3n) is 3.07. The SMILES string of the molecule is COC(=O)CCc1ccc2[nH]c(C)nc2c1C(=O)OC. The van der Waals surface area contributed by atoms with Gasteiger partial charge >= 0.3 is 11.9 Å². The molecule has 1 aromatic carbocycles. The van der Waals surface area contributed by atoms with Crippen LogP contribution in [0.4, 0.5) is 0 Å². The number of nitrogens with one attached hydrogen (secondary N) is 1. The topological polar surface area (TPSA) is 81.3 Å². The van der Waals surface area contributed by atoms with E-state index in [2.05, 4.69) is 14.7 Å². The van der Waals surface area contributed by atoms with Gasteiger partial charge in [-0.25, -0.2) is 9.78 Å². The van der Waals surface area contributed by atoms with E-state index in [1.807, 2.05) is 13.0 Å². The van der Waals surface area contributed by atoms with Gasteiger partial charge in [0, 0.05) is 6.42 Å². The second kappa shape index (κ2) is 5.73. The lowest BCUT2D eigenvalue weighted by Gasteiger charge is -2.08. The monoisotopic (exact) mass is 276 g/mol. The van der Waals surface area contributed by atoms with Crippen LogP contribution < -0.4 is 0 Å². The maximum absolute atomic E-state index is 12.0. The summed E-state index contributed by atoms with van der Waals surface area (Å²) >= 11 is 0. The van der Waals surface area contributed by atoms with Crippen LogP contribution in [0.5, 0.6) is 0 Å². The van der Waals surface area contributed by atoms with Crippen LogP contribution in [-0.4, -0.2) is 36.1 Å². The van der Waals surface area contributed by atoms with Gasteiger partial charge in [-0.2, -0.15) is 0 Å². The Bertz CT molecular complexity index is 660. The molecule has 1 aromatic heterocycles. The molecule has 0 amide bonds. The van der Waals surface area contributed by atoms with Gasteiger partial charge in [-0.05, 0) is 25.0 Å². The van der Waals surface area contributed by atoms with Crippen LogP contribution in [-0.2, 0) is 20.7 Å². The number of methoxy groups -OCH3 is 2. The Morgan fingerprint density at radius 3 is 2.65 bits per heavy atom. The fourth-order valence-corrected chi connectivity index (χ4v) is 2.12. The average molecular weight is 276 g/mol. The molecule has 0 aliphatic carbocycles. The third kappa shape index (κ3) is 2.64. The number of rotatable bonds is 4. The fourth-order valence-electron chi connectivity index (χ4n) is 2.12. The lowest BCUT2D eigenvalue weighted by atomic mass is 10.0. The lowest BCUT2D eigenvalue weighted by molar-refractivity contribution is -0.140. The number of carbonyl (C=O) groups is 2. The first-order valence-corrected chi connectivity index (χ1v) is 6.20. The Labute approximate surface area is 116 Å². The zero-order valence-electron chi connectivity index (χ0n) is 11.6. The smallest absolute Gasteiger partial charge is 0.340 e. The molecule has 1 N–H and O–H groups in total. The van der Waals surface area contributed by atoms with Gasteiger partial charge in [0.1, 0.15) is 11.3 Å². The number of carbonyl (C=O) groups excluding carboxylic acids is 2. The predicted molar refractivity (Wildman–Crippen MR) is 72.5 cm³/mol. The van der Waals surface area contributed by atoms with Crippen LogP contribution in [0.15, 0.2) is 12.1 Å². The van der Waals surface area contributed by atoms with Crippen molar-refractivity contribution in [2.45, 2.75) is 19.8 Å². The minimum absolute atomic E-state index is 0.204. The molecule has 0 spiro atoms. The highest BCUT2D eigenvalue weighted by atomic mass is 16.5. The van der Waals surface area contributed by atoms with Gasteiger partial charge in [0.05, 0.1) is 25.3 Å². The summed E-state index contributed by atoms with van der Waals surface area (Å²) in [4.78, 5) is 30.6. The third-order valence-corrected chi connectivity index (χ3v) is 3.07. The molecule has 0 aliphatic rings. The standard InChI is InChI=1S/C14H16N2O4/c1-8-15-10-6-4-9(5-7-11(17)19-2)12(13(10)16-8)14(18)20-3/h4,6H,5,7H2,1-3H3,(H,15,16). The average Bonchev–Trinajstić information content (AvgIpc) is 2.83. The summed E-state index contributed by atoms with van der Waals surface area (Å²) in [5.74, 6) is -0.0589. The van der Waals surface area contributed by atoms with Crippen molar-refractivity contribution in [1.29, 1.82) is 0 Å². The second-order valence-electron chi connectivity index (χ2n) is 4.39. The minimum Gasteiger partial charge on any atom is -0.469 e. The van der Waals surface area contributed by atoms with Gasteiger partial charge in [0.15, 0.2) is 0 Å². The molecule has 6 heteroatoms. The summed E-state index contributed by atoms with van der Waals surface area (Å²) in [7, 11) is 2.66. The highest BCUT2D eigenvalue weighted by molar-refractivity contribution is 6.03. The Hall–Kier alpha value is -2.37. The molecule has 0 bridgehead atoms. The van der Waals surface area contributed by atoms with E-state index in [1.165, 1.54) is 14.2 Å². The van der Waals surface area contributed by atoms with Crippen LogP contribution in [0.3, 0.4) is 0 Å². The van der Waals surface area contributed by atoms with E-state index in [1.54, 1.807) is 6.07 Å². The van der Waals surface area contributed by atoms with Gasteiger partial charge in [0.2, 0.25) is 0 Å². The summed E-state index contributed by atoms with van der Waals surface area (Å²) in [5.41, 5.74) is 2.46. The van der Waals surface area contributed by atoms with E-state index in [9.17, 15) is 9.59 Å². The van der Waals surface area contributed by atoms with Crippen molar-refractivity contribution in [1.82, 2.24) is 9.97 Å². The Morgan fingerprint density at radius 2 is 2.00 bits per heavy atom. The summed E-state index contributed by atoms with van der Waals surface area (Å²) in [6.07, 6.45) is 0.606. The fraction of sp³-hybridized carbons (Fsp3) is 0.357. The zero-order chi connectivity index (χ0) is 14.7. The molecule has 20 heavy (non-hydrogen) atoms. The van der Waals surface area contributed by atoms with Gasteiger partial charge in [-0.1, -0.05) is 6.07 Å². The second-order valence-corrected chi connectivity index (χ2v) is 4.39. The van der Waals surface area contributed by atoms with Crippen molar-refractivity contribution >= 4 is 23.0 Å². The van der Waals surface area contributed by atoms with Crippen LogP contribution in [0.2, 0.25) is 0 Å². The number of esters is 2. The Morgan fingerprint density at radius 1 is 1.25 bits per heavy atom. The summed E-state index contributed by atoms with van der Waals surface area (Å²) in [6, 6.07) is 3.64. The van der Waals surface area contributed by atoms with E-state index in [0.29, 0.717) is 17.5 Å². The highest BCUT2D eigenvalue weighted by Gasteiger charge is 2.19. The van der Waals surface area contributed by atoms with Crippen LogP contribution >= 0.6 is 0 Å². The predicted octanol–water partition coefficient (Wildman–Crippen LogP) is 1.76. The molecule has 2 aromatic rings. The summed E-state index contributed by atoms with van der Waals surface area (Å²) in [6.45, 7) is 1.81. The van der Waals surface area contributed by atoms with Crippen molar-refractivity contribution in [3.63, 3.8) is 0 Å². The number of aromatic amines is 1. The number of fused-ring (bicyclic) bond motifs is 1. The maximum atomic E-state index is 12.0. The highest BCUT2D eigenvalue weighted by Crippen LogP contribution is 2.23. The number of H-pyrrole nitrogens is 1. The molecular weight excluding hydrogens is 260 g/mol. The quantitative estimate of drug-likeness (QED) is 0.860. The molecule has 0 radical (unpaired) electrons. The Kier molecular flexibility index (Phi) is 4.02. The molecule has 2 rings (SSSR count). The normalized spacial score (nSPS) is 10.6. The van der Waals surface area contributed by atoms with Crippen LogP contribution in [0.1, 0.15) is 28.2 Å². The van der Waals surface area contributed by atoms with Gasteiger partial charge in [-0.15, -0.1) is 0 Å². The first-order chi connectivity index (χ1) is 9.56. The molecule has 0 aliphatic heterocycles. The number of aryl methyl sites for hydroxylation is 2. The molecule has 0 unspecified atom stereocenters. The number of ether oxygens (including phenoxy) is 2. The number of aromatic nitrogens is 2. The van der Waals surface area contributed by atoms with Crippen LogP contribution in [0.25, 0.3) is 11.0 Å². The van der Waals surface area contributed by atoms with Crippen LogP contribution in [0, 0.1) is 6.92 Å². The molecular formula is C14H16N2O4. The Balaban J connectivity index is 2.47. The van der Waals surface area contributed by atoms with Gasteiger partial charge < -0.3 is 14.5 Å². The first kappa shape index (κ1) is 14.0. The molecule has 0 saturated heterocycles. The van der Waals surface area contributed by atoms with Crippen molar-refractivity contribution in [2.24, 2.45) is 0 Å². The lowest BCUT2D eigenvalue weighted by Crippen LogP contribution is -2.09. The van der Waals surface area contributed by atoms with E-state index in [0.717, 1.165) is 16.9 Å². The van der Waals surface area contributed by atoms with E-state index < -0.39 is 5.97 Å². The van der Waals surface area contributed by atoms with Crippen molar-refractivity contribution < 1.29 is 19.1 Å². The molecule has 0 fully saturated rings. The zero-order valence-corrected chi connectivity index (χ0v) is 11.6. The van der Waals surface area contributed by atoms with Crippen molar-refractivity contribution in [2.75, 3.05) is 14.2 Å². The molecule has 0 saturated carbocycles. The van der Waals surface area contributed by atoms with E-state index in [4.69, 9.17) is 4.74 Å². The maximum Gasteiger partial charge on any atom is 0.340 e. The number of benzene rings is 1. The molecule has 0 atom stereocenters.